The highest BCUT2D eigenvalue weighted by atomic mass is 79.9. The summed E-state index contributed by atoms with van der Waals surface area (Å²) in [6.45, 7) is 7.46. The fourth-order valence-corrected chi connectivity index (χ4v) is 2.28. The minimum atomic E-state index is 0.799. The van der Waals surface area contributed by atoms with E-state index in [0.29, 0.717) is 0 Å². The summed E-state index contributed by atoms with van der Waals surface area (Å²) >= 11 is 3.62. The minimum Gasteiger partial charge on any atom is -0.316 e. The van der Waals surface area contributed by atoms with Crippen LogP contribution in [-0.4, -0.2) is 22.9 Å². The standard InChI is InChI=1S/C10H16BrN3/c1-3-14-9(4-8-5-12-6-8)10(11)7(2)13-14/h8,12H,3-6H2,1-2H3. The lowest BCUT2D eigenvalue weighted by atomic mass is 9.97. The van der Waals surface area contributed by atoms with Crippen LogP contribution in [0.15, 0.2) is 4.47 Å². The van der Waals surface area contributed by atoms with Crippen LogP contribution in [-0.2, 0) is 13.0 Å². The molecule has 0 saturated carbocycles. The van der Waals surface area contributed by atoms with Gasteiger partial charge in [0.25, 0.3) is 0 Å². The Morgan fingerprint density at radius 1 is 1.57 bits per heavy atom. The summed E-state index contributed by atoms with van der Waals surface area (Å²) in [6, 6.07) is 0. The Kier molecular flexibility index (Phi) is 2.93. The number of nitrogens with zero attached hydrogens (tertiary/aromatic N) is 2. The van der Waals surface area contributed by atoms with Gasteiger partial charge in [-0.1, -0.05) is 0 Å². The summed E-state index contributed by atoms with van der Waals surface area (Å²) in [7, 11) is 0. The van der Waals surface area contributed by atoms with E-state index in [1.54, 1.807) is 0 Å². The van der Waals surface area contributed by atoms with Crippen LogP contribution in [0, 0.1) is 12.8 Å². The molecule has 3 nitrogen and oxygen atoms in total. The van der Waals surface area contributed by atoms with Crippen LogP contribution in [0.4, 0.5) is 0 Å². The molecular formula is C10H16BrN3. The minimum absolute atomic E-state index is 0.799. The zero-order chi connectivity index (χ0) is 10.1. The van der Waals surface area contributed by atoms with E-state index in [1.807, 2.05) is 0 Å². The smallest absolute Gasteiger partial charge is 0.0738 e. The summed E-state index contributed by atoms with van der Waals surface area (Å²) in [6.07, 6.45) is 1.14. The normalized spacial score (nSPS) is 17.1. The topological polar surface area (TPSA) is 29.9 Å². The number of nitrogens with one attached hydrogen (secondary N) is 1. The van der Waals surface area contributed by atoms with Gasteiger partial charge in [0.1, 0.15) is 0 Å². The Labute approximate surface area is 93.0 Å². The van der Waals surface area contributed by atoms with E-state index in [1.165, 1.54) is 10.2 Å². The molecule has 1 aliphatic heterocycles. The predicted octanol–water partition coefficient (Wildman–Crippen LogP) is 1.74. The van der Waals surface area contributed by atoms with Crippen LogP contribution in [0.5, 0.6) is 0 Å². The zero-order valence-corrected chi connectivity index (χ0v) is 10.3. The lowest BCUT2D eigenvalue weighted by Gasteiger charge is -2.27. The molecule has 0 aromatic carbocycles. The SMILES string of the molecule is CCn1nc(C)c(Br)c1CC1CNC1. The van der Waals surface area contributed by atoms with E-state index in [0.717, 1.165) is 37.7 Å². The van der Waals surface area contributed by atoms with Crippen molar-refractivity contribution in [2.45, 2.75) is 26.8 Å². The van der Waals surface area contributed by atoms with Crippen molar-refractivity contribution in [3.63, 3.8) is 0 Å². The van der Waals surface area contributed by atoms with Crippen LogP contribution in [0.25, 0.3) is 0 Å². The van der Waals surface area contributed by atoms with Crippen LogP contribution < -0.4 is 5.32 Å². The molecule has 1 aliphatic rings. The highest BCUT2D eigenvalue weighted by molar-refractivity contribution is 9.10. The lowest BCUT2D eigenvalue weighted by molar-refractivity contribution is 0.338. The summed E-state index contributed by atoms with van der Waals surface area (Å²) in [4.78, 5) is 0. The van der Waals surface area contributed by atoms with E-state index in [-0.39, 0.29) is 0 Å². The third-order valence-electron chi connectivity index (χ3n) is 2.80. The fraction of sp³-hybridized carbons (Fsp3) is 0.700. The first-order chi connectivity index (χ1) is 6.72. The van der Waals surface area contributed by atoms with Crippen molar-refractivity contribution in [1.82, 2.24) is 15.1 Å². The third-order valence-corrected chi connectivity index (χ3v) is 3.83. The predicted molar refractivity (Wildman–Crippen MR) is 60.4 cm³/mol. The second kappa shape index (κ2) is 4.03. The molecule has 1 N–H and O–H groups in total. The number of halogens is 1. The van der Waals surface area contributed by atoms with Crippen molar-refractivity contribution in [3.05, 3.63) is 15.9 Å². The van der Waals surface area contributed by atoms with Gasteiger partial charge in [-0.25, -0.2) is 0 Å². The number of rotatable bonds is 3. The molecule has 2 rings (SSSR count). The maximum absolute atomic E-state index is 4.49. The fourth-order valence-electron chi connectivity index (χ4n) is 1.83. The number of aryl methyl sites for hydroxylation is 2. The summed E-state index contributed by atoms with van der Waals surface area (Å²) in [5.41, 5.74) is 2.46. The number of hydrogen-bond donors (Lipinski definition) is 1. The van der Waals surface area contributed by atoms with Gasteiger partial charge in [0.05, 0.1) is 15.9 Å². The second-order valence-electron chi connectivity index (χ2n) is 3.89. The number of aromatic nitrogens is 2. The maximum atomic E-state index is 4.49. The van der Waals surface area contributed by atoms with Crippen molar-refractivity contribution in [2.24, 2.45) is 5.92 Å². The molecule has 0 unspecified atom stereocenters. The van der Waals surface area contributed by atoms with Crippen LogP contribution in [0.1, 0.15) is 18.3 Å². The monoisotopic (exact) mass is 257 g/mol. The highest BCUT2D eigenvalue weighted by Crippen LogP contribution is 2.24. The molecule has 0 amide bonds. The Bertz CT molecular complexity index is 328. The van der Waals surface area contributed by atoms with Gasteiger partial charge in [-0.3, -0.25) is 4.68 Å². The first-order valence-corrected chi connectivity index (χ1v) is 5.94. The van der Waals surface area contributed by atoms with Gasteiger partial charge < -0.3 is 5.32 Å². The van der Waals surface area contributed by atoms with Gasteiger partial charge in [0, 0.05) is 6.54 Å². The molecular weight excluding hydrogens is 242 g/mol. The Balaban J connectivity index is 2.20. The molecule has 78 valence electrons. The van der Waals surface area contributed by atoms with E-state index < -0.39 is 0 Å². The van der Waals surface area contributed by atoms with Crippen molar-refractivity contribution < 1.29 is 0 Å². The molecule has 0 atom stereocenters. The van der Waals surface area contributed by atoms with Gasteiger partial charge in [0.15, 0.2) is 0 Å². The average Bonchev–Trinajstić information content (AvgIpc) is 2.37. The summed E-state index contributed by atoms with van der Waals surface area (Å²) in [5, 5.41) is 7.79. The molecule has 1 saturated heterocycles. The Morgan fingerprint density at radius 2 is 2.29 bits per heavy atom. The van der Waals surface area contributed by atoms with Crippen molar-refractivity contribution in [1.29, 1.82) is 0 Å². The third kappa shape index (κ3) is 1.73. The number of hydrogen-bond acceptors (Lipinski definition) is 2. The first-order valence-electron chi connectivity index (χ1n) is 5.14. The van der Waals surface area contributed by atoms with Crippen molar-refractivity contribution in [3.8, 4) is 0 Å². The summed E-state index contributed by atoms with van der Waals surface area (Å²) < 4.78 is 3.31. The van der Waals surface area contributed by atoms with Gasteiger partial charge in [-0.2, -0.15) is 5.10 Å². The Morgan fingerprint density at radius 3 is 2.79 bits per heavy atom. The van der Waals surface area contributed by atoms with Gasteiger partial charge in [-0.15, -0.1) is 0 Å². The molecule has 0 radical (unpaired) electrons. The Hall–Kier alpha value is -0.350. The first kappa shape index (κ1) is 10.2. The highest BCUT2D eigenvalue weighted by Gasteiger charge is 2.21. The molecule has 0 bridgehead atoms. The van der Waals surface area contributed by atoms with Crippen LogP contribution >= 0.6 is 15.9 Å². The molecule has 1 aromatic rings. The van der Waals surface area contributed by atoms with Crippen LogP contribution in [0.3, 0.4) is 0 Å². The maximum Gasteiger partial charge on any atom is 0.0738 e. The lowest BCUT2D eigenvalue weighted by Crippen LogP contribution is -2.43. The van der Waals surface area contributed by atoms with E-state index in [9.17, 15) is 0 Å². The van der Waals surface area contributed by atoms with Crippen LogP contribution in [0.2, 0.25) is 0 Å². The average molecular weight is 258 g/mol. The quantitative estimate of drug-likeness (QED) is 0.894. The molecule has 1 aromatic heterocycles. The molecule has 14 heavy (non-hydrogen) atoms. The zero-order valence-electron chi connectivity index (χ0n) is 8.68. The van der Waals surface area contributed by atoms with E-state index >= 15 is 0 Å². The largest absolute Gasteiger partial charge is 0.316 e. The van der Waals surface area contributed by atoms with Gasteiger partial charge in [0.2, 0.25) is 0 Å². The molecule has 0 aliphatic carbocycles. The molecule has 2 heterocycles. The van der Waals surface area contributed by atoms with Crippen molar-refractivity contribution >= 4 is 15.9 Å². The van der Waals surface area contributed by atoms with E-state index in [2.05, 4.69) is 44.9 Å². The molecule has 1 fully saturated rings. The second-order valence-corrected chi connectivity index (χ2v) is 4.68. The molecule has 4 heteroatoms. The van der Waals surface area contributed by atoms with E-state index in [4.69, 9.17) is 0 Å². The molecule has 0 spiro atoms. The summed E-state index contributed by atoms with van der Waals surface area (Å²) in [5.74, 6) is 0.799. The van der Waals surface area contributed by atoms with Gasteiger partial charge in [-0.05, 0) is 55.2 Å². The van der Waals surface area contributed by atoms with Gasteiger partial charge >= 0.3 is 0 Å². The van der Waals surface area contributed by atoms with Crippen molar-refractivity contribution in [2.75, 3.05) is 13.1 Å².